The van der Waals surface area contributed by atoms with E-state index in [2.05, 4.69) is 0 Å². The lowest BCUT2D eigenvalue weighted by molar-refractivity contribution is -0.138. The molecule has 0 spiro atoms. The van der Waals surface area contributed by atoms with E-state index < -0.39 is 27.9 Å². The molecule has 2 aromatic rings. The molecule has 0 N–H and O–H groups in total. The third-order valence-corrected chi connectivity index (χ3v) is 6.58. The first-order valence-corrected chi connectivity index (χ1v) is 10.4. The van der Waals surface area contributed by atoms with E-state index in [0.29, 0.717) is 11.1 Å². The van der Waals surface area contributed by atoms with E-state index in [9.17, 15) is 17.6 Å². The van der Waals surface area contributed by atoms with E-state index >= 15 is 0 Å². The van der Waals surface area contributed by atoms with Crippen LogP contribution >= 0.6 is 0 Å². The Morgan fingerprint density at radius 2 is 1.86 bits per heavy atom. The number of hydrogen-bond donors (Lipinski definition) is 0. The van der Waals surface area contributed by atoms with Crippen molar-refractivity contribution in [3.63, 3.8) is 0 Å². The van der Waals surface area contributed by atoms with Crippen LogP contribution in [0.3, 0.4) is 0 Å². The van der Waals surface area contributed by atoms with Crippen molar-refractivity contribution >= 4 is 16.0 Å². The van der Waals surface area contributed by atoms with E-state index in [-0.39, 0.29) is 23.6 Å². The van der Waals surface area contributed by atoms with Crippen LogP contribution < -0.4 is 0 Å². The zero-order valence-corrected chi connectivity index (χ0v) is 16.8. The van der Waals surface area contributed by atoms with Crippen LogP contribution in [0.2, 0.25) is 0 Å². The first kappa shape index (κ1) is 20.2. The number of sulfonamides is 1. The summed E-state index contributed by atoms with van der Waals surface area (Å²) in [6.45, 7) is 5.46. The van der Waals surface area contributed by atoms with Gasteiger partial charge in [0.2, 0.25) is 10.0 Å². The molecule has 0 fully saturated rings. The quantitative estimate of drug-likeness (QED) is 0.715. The Balaban J connectivity index is 2.10. The maximum Gasteiger partial charge on any atom is 0.335 e. The van der Waals surface area contributed by atoms with Gasteiger partial charge in [-0.15, -0.1) is 0 Å². The van der Waals surface area contributed by atoms with Crippen molar-refractivity contribution in [3.8, 4) is 0 Å². The van der Waals surface area contributed by atoms with Crippen molar-refractivity contribution < 1.29 is 22.3 Å². The summed E-state index contributed by atoms with van der Waals surface area (Å²) in [5.74, 6) is -0.994. The molecule has 1 aliphatic rings. The Hall–Kier alpha value is -2.51. The van der Waals surface area contributed by atoms with Crippen LogP contribution in [0.1, 0.15) is 29.7 Å². The minimum atomic E-state index is -3.88. The van der Waals surface area contributed by atoms with Crippen LogP contribution in [-0.2, 0) is 19.6 Å². The number of aryl methyl sites for hydroxylation is 2. The first-order valence-electron chi connectivity index (χ1n) is 8.97. The van der Waals surface area contributed by atoms with Gasteiger partial charge >= 0.3 is 5.97 Å². The maximum atomic E-state index is 13.6. The summed E-state index contributed by atoms with van der Waals surface area (Å²) < 4.78 is 46.6. The van der Waals surface area contributed by atoms with Crippen LogP contribution in [0.15, 0.2) is 59.0 Å². The van der Waals surface area contributed by atoms with Gasteiger partial charge in [0.1, 0.15) is 5.82 Å². The molecular weight excluding hydrogens is 381 g/mol. The molecule has 5 nitrogen and oxygen atoms in total. The van der Waals surface area contributed by atoms with Gasteiger partial charge in [-0.25, -0.2) is 17.6 Å². The second-order valence-electron chi connectivity index (χ2n) is 6.67. The van der Waals surface area contributed by atoms with E-state index in [1.807, 2.05) is 6.92 Å². The normalized spacial score (nSPS) is 17.4. The summed E-state index contributed by atoms with van der Waals surface area (Å²) >= 11 is 0. The molecule has 0 amide bonds. The van der Waals surface area contributed by atoms with Crippen molar-refractivity contribution in [1.29, 1.82) is 0 Å². The predicted molar refractivity (Wildman–Crippen MR) is 104 cm³/mol. The molecule has 28 heavy (non-hydrogen) atoms. The number of esters is 1. The third-order valence-electron chi connectivity index (χ3n) is 4.74. The molecule has 0 saturated carbocycles. The molecule has 148 valence electrons. The van der Waals surface area contributed by atoms with Crippen LogP contribution in [0.5, 0.6) is 0 Å². The SMILES string of the molecule is CCOC(=O)C1=CCN(S(=O)(=O)c2ccc(C)cc2)C1c1ccc(F)cc1C. The zero-order chi connectivity index (χ0) is 20.5. The van der Waals surface area contributed by atoms with E-state index in [0.717, 1.165) is 5.56 Å². The summed E-state index contributed by atoms with van der Waals surface area (Å²) in [5, 5.41) is 0. The lowest BCUT2D eigenvalue weighted by atomic mass is 9.96. The largest absolute Gasteiger partial charge is 0.463 e. The lowest BCUT2D eigenvalue weighted by Crippen LogP contribution is -2.34. The Kier molecular flexibility index (Phi) is 5.67. The Morgan fingerprint density at radius 3 is 2.46 bits per heavy atom. The van der Waals surface area contributed by atoms with E-state index in [4.69, 9.17) is 4.74 Å². The Morgan fingerprint density at radius 1 is 1.18 bits per heavy atom. The van der Waals surface area contributed by atoms with Gasteiger partial charge in [0, 0.05) is 6.54 Å². The van der Waals surface area contributed by atoms with Crippen LogP contribution in [-0.4, -0.2) is 31.8 Å². The van der Waals surface area contributed by atoms with Crippen LogP contribution in [0, 0.1) is 19.7 Å². The molecule has 0 aliphatic carbocycles. The van der Waals surface area contributed by atoms with Gasteiger partial charge in [0.15, 0.2) is 0 Å². The van der Waals surface area contributed by atoms with Crippen molar-refractivity contribution in [2.45, 2.75) is 31.7 Å². The highest BCUT2D eigenvalue weighted by Crippen LogP contribution is 2.39. The number of ether oxygens (including phenoxy) is 1. The third kappa shape index (κ3) is 3.72. The van der Waals surface area contributed by atoms with Crippen LogP contribution in [0.4, 0.5) is 4.39 Å². The summed E-state index contributed by atoms with van der Waals surface area (Å²) in [4.78, 5) is 12.6. The van der Waals surface area contributed by atoms with Crippen molar-refractivity contribution in [3.05, 3.63) is 76.6 Å². The van der Waals surface area contributed by atoms with Crippen molar-refractivity contribution in [2.24, 2.45) is 0 Å². The summed E-state index contributed by atoms with van der Waals surface area (Å²) in [6.07, 6.45) is 1.57. The average Bonchev–Trinajstić information content (AvgIpc) is 3.08. The van der Waals surface area contributed by atoms with Gasteiger partial charge < -0.3 is 4.74 Å². The summed E-state index contributed by atoms with van der Waals surface area (Å²) in [5.41, 5.74) is 2.30. The van der Waals surface area contributed by atoms with Gasteiger partial charge in [-0.3, -0.25) is 0 Å². The number of carbonyl (C=O) groups is 1. The molecule has 1 aliphatic heterocycles. The highest BCUT2D eigenvalue weighted by Gasteiger charge is 2.41. The van der Waals surface area contributed by atoms with Gasteiger partial charge in [-0.05, 0) is 56.2 Å². The van der Waals surface area contributed by atoms with Gasteiger partial charge in [-0.1, -0.05) is 29.8 Å². The van der Waals surface area contributed by atoms with E-state index in [1.165, 1.54) is 22.5 Å². The molecular formula is C21H22FNO4S. The Bertz CT molecular complexity index is 1030. The number of carbonyl (C=O) groups excluding carboxylic acids is 1. The van der Waals surface area contributed by atoms with Gasteiger partial charge in [-0.2, -0.15) is 4.31 Å². The monoisotopic (exact) mass is 403 g/mol. The van der Waals surface area contributed by atoms with Gasteiger partial charge in [0.05, 0.1) is 23.1 Å². The molecule has 0 bridgehead atoms. The van der Waals surface area contributed by atoms with Crippen molar-refractivity contribution in [2.75, 3.05) is 13.2 Å². The highest BCUT2D eigenvalue weighted by atomic mass is 32.2. The number of nitrogens with zero attached hydrogens (tertiary/aromatic N) is 1. The molecule has 1 heterocycles. The molecule has 2 aromatic carbocycles. The second kappa shape index (κ2) is 7.85. The number of rotatable bonds is 5. The zero-order valence-electron chi connectivity index (χ0n) is 16.0. The summed E-state index contributed by atoms with van der Waals surface area (Å²) in [7, 11) is -3.88. The van der Waals surface area contributed by atoms with E-state index in [1.54, 1.807) is 44.2 Å². The summed E-state index contributed by atoms with van der Waals surface area (Å²) in [6, 6.07) is 9.77. The molecule has 0 radical (unpaired) electrons. The number of hydrogen-bond acceptors (Lipinski definition) is 4. The second-order valence-corrected chi connectivity index (χ2v) is 8.56. The highest BCUT2D eigenvalue weighted by molar-refractivity contribution is 7.89. The smallest absolute Gasteiger partial charge is 0.335 e. The lowest BCUT2D eigenvalue weighted by Gasteiger charge is -2.27. The topological polar surface area (TPSA) is 63.7 Å². The van der Waals surface area contributed by atoms with Crippen LogP contribution in [0.25, 0.3) is 0 Å². The minimum Gasteiger partial charge on any atom is -0.463 e. The maximum absolute atomic E-state index is 13.6. The molecule has 0 saturated heterocycles. The average molecular weight is 403 g/mol. The molecule has 1 atom stereocenters. The number of benzene rings is 2. The fourth-order valence-corrected chi connectivity index (χ4v) is 4.85. The molecule has 0 aromatic heterocycles. The Labute approximate surface area is 164 Å². The fraction of sp³-hybridized carbons (Fsp3) is 0.286. The van der Waals surface area contributed by atoms with Crippen molar-refractivity contribution in [1.82, 2.24) is 4.31 Å². The minimum absolute atomic E-state index is 0.0336. The molecule has 7 heteroatoms. The standard InChI is InChI=1S/C21H22FNO4S/c1-4-27-21(24)19-11-12-23(20(19)18-10-7-16(22)13-15(18)3)28(25,26)17-8-5-14(2)6-9-17/h5-11,13,20H,4,12H2,1-3H3. The first-order chi connectivity index (χ1) is 13.3. The predicted octanol–water partition coefficient (Wildman–Crippen LogP) is 3.68. The number of halogens is 1. The fourth-order valence-electron chi connectivity index (χ4n) is 3.32. The molecule has 1 unspecified atom stereocenters. The molecule has 3 rings (SSSR count). The van der Waals surface area contributed by atoms with Gasteiger partial charge in [0.25, 0.3) is 0 Å².